The van der Waals surface area contributed by atoms with Crippen LogP contribution in [0.3, 0.4) is 0 Å². The molecule has 0 saturated heterocycles. The SMILES string of the molecule is Cc1cc(C(F)F)nc([N+](=O)[O-])c1CBr. The highest BCUT2D eigenvalue weighted by molar-refractivity contribution is 9.08. The minimum atomic E-state index is -2.80. The zero-order valence-corrected chi connectivity index (χ0v) is 9.29. The molecule has 0 aliphatic carbocycles. The van der Waals surface area contributed by atoms with Crippen LogP contribution in [0.2, 0.25) is 0 Å². The van der Waals surface area contributed by atoms with Gasteiger partial charge in [0, 0.05) is 5.33 Å². The van der Waals surface area contributed by atoms with Crippen molar-refractivity contribution >= 4 is 21.7 Å². The smallest absolute Gasteiger partial charge is 0.358 e. The number of halogens is 3. The van der Waals surface area contributed by atoms with Gasteiger partial charge in [-0.1, -0.05) is 15.9 Å². The van der Waals surface area contributed by atoms with E-state index in [2.05, 4.69) is 20.9 Å². The minimum Gasteiger partial charge on any atom is -0.358 e. The molecule has 82 valence electrons. The second-order valence-corrected chi connectivity index (χ2v) is 3.42. The monoisotopic (exact) mass is 280 g/mol. The van der Waals surface area contributed by atoms with Crippen molar-refractivity contribution in [3.63, 3.8) is 0 Å². The van der Waals surface area contributed by atoms with E-state index in [9.17, 15) is 18.9 Å². The van der Waals surface area contributed by atoms with Crippen LogP contribution in [0.4, 0.5) is 14.6 Å². The fourth-order valence-electron chi connectivity index (χ4n) is 1.14. The first-order valence-corrected chi connectivity index (χ1v) is 5.08. The Hall–Kier alpha value is -1.11. The van der Waals surface area contributed by atoms with E-state index in [1.807, 2.05) is 0 Å². The van der Waals surface area contributed by atoms with E-state index >= 15 is 0 Å². The summed E-state index contributed by atoms with van der Waals surface area (Å²) in [7, 11) is 0. The van der Waals surface area contributed by atoms with Crippen molar-refractivity contribution in [3.8, 4) is 0 Å². The maximum absolute atomic E-state index is 12.3. The average molecular weight is 281 g/mol. The first-order valence-electron chi connectivity index (χ1n) is 3.96. The maximum Gasteiger partial charge on any atom is 0.368 e. The lowest BCUT2D eigenvalue weighted by Crippen LogP contribution is -2.03. The molecule has 1 heterocycles. The van der Waals surface area contributed by atoms with Crippen molar-refractivity contribution < 1.29 is 13.7 Å². The number of aryl methyl sites for hydroxylation is 1. The molecule has 0 unspecified atom stereocenters. The molecule has 1 rings (SSSR count). The van der Waals surface area contributed by atoms with Crippen LogP contribution in [-0.4, -0.2) is 9.91 Å². The van der Waals surface area contributed by atoms with E-state index < -0.39 is 22.9 Å². The van der Waals surface area contributed by atoms with Crippen LogP contribution in [0.25, 0.3) is 0 Å². The van der Waals surface area contributed by atoms with Crippen molar-refractivity contribution in [2.45, 2.75) is 18.7 Å². The molecular formula is C8H7BrF2N2O2. The fourth-order valence-corrected chi connectivity index (χ4v) is 1.83. The lowest BCUT2D eigenvalue weighted by atomic mass is 10.1. The van der Waals surface area contributed by atoms with E-state index in [1.165, 1.54) is 6.92 Å². The number of pyridine rings is 1. The van der Waals surface area contributed by atoms with Crippen LogP contribution in [-0.2, 0) is 5.33 Å². The van der Waals surface area contributed by atoms with E-state index in [-0.39, 0.29) is 5.33 Å². The van der Waals surface area contributed by atoms with E-state index in [4.69, 9.17) is 0 Å². The average Bonchev–Trinajstić information content (AvgIpc) is 2.16. The van der Waals surface area contributed by atoms with Gasteiger partial charge < -0.3 is 10.1 Å². The summed E-state index contributed by atoms with van der Waals surface area (Å²) in [4.78, 5) is 13.2. The highest BCUT2D eigenvalue weighted by Gasteiger charge is 2.24. The van der Waals surface area contributed by atoms with Crippen LogP contribution in [0.5, 0.6) is 0 Å². The maximum atomic E-state index is 12.3. The molecule has 0 spiro atoms. The number of hydrogen-bond acceptors (Lipinski definition) is 3. The largest absolute Gasteiger partial charge is 0.368 e. The topological polar surface area (TPSA) is 56.0 Å². The van der Waals surface area contributed by atoms with Gasteiger partial charge in [-0.3, -0.25) is 0 Å². The highest BCUT2D eigenvalue weighted by Crippen LogP contribution is 2.27. The van der Waals surface area contributed by atoms with Crippen molar-refractivity contribution in [3.05, 3.63) is 33.0 Å². The summed E-state index contributed by atoms with van der Waals surface area (Å²) in [5.41, 5.74) is 0.192. The number of rotatable bonds is 3. The number of alkyl halides is 3. The zero-order chi connectivity index (χ0) is 11.6. The molecule has 0 bridgehead atoms. The van der Waals surface area contributed by atoms with Crippen LogP contribution >= 0.6 is 15.9 Å². The lowest BCUT2D eigenvalue weighted by molar-refractivity contribution is -0.390. The van der Waals surface area contributed by atoms with Crippen molar-refractivity contribution in [1.82, 2.24) is 4.98 Å². The van der Waals surface area contributed by atoms with Gasteiger partial charge >= 0.3 is 12.2 Å². The molecule has 1 aromatic rings. The molecule has 0 aliphatic rings. The van der Waals surface area contributed by atoms with Crippen molar-refractivity contribution in [2.75, 3.05) is 0 Å². The molecule has 0 aromatic carbocycles. The van der Waals surface area contributed by atoms with Gasteiger partial charge in [0.05, 0.1) is 5.56 Å². The Kier molecular flexibility index (Phi) is 3.67. The molecule has 0 N–H and O–H groups in total. The fraction of sp³-hybridized carbons (Fsp3) is 0.375. The molecule has 7 heteroatoms. The third-order valence-corrected chi connectivity index (χ3v) is 2.44. The molecule has 0 saturated carbocycles. The van der Waals surface area contributed by atoms with Crippen LogP contribution < -0.4 is 0 Å². The van der Waals surface area contributed by atoms with Gasteiger partial charge in [-0.05, 0) is 28.5 Å². The first-order chi connectivity index (χ1) is 6.97. The molecule has 0 amide bonds. The molecular weight excluding hydrogens is 274 g/mol. The molecule has 15 heavy (non-hydrogen) atoms. The van der Waals surface area contributed by atoms with Gasteiger partial charge in [0.1, 0.15) is 0 Å². The normalized spacial score (nSPS) is 10.7. The quantitative estimate of drug-likeness (QED) is 0.486. The van der Waals surface area contributed by atoms with Crippen LogP contribution in [0.15, 0.2) is 6.07 Å². The Morgan fingerprint density at radius 3 is 2.67 bits per heavy atom. The van der Waals surface area contributed by atoms with E-state index in [0.717, 1.165) is 6.07 Å². The van der Waals surface area contributed by atoms with Gasteiger partial charge in [0.25, 0.3) is 0 Å². The van der Waals surface area contributed by atoms with Gasteiger partial charge in [-0.25, -0.2) is 8.78 Å². The van der Waals surface area contributed by atoms with Crippen molar-refractivity contribution in [2.24, 2.45) is 0 Å². The summed E-state index contributed by atoms with van der Waals surface area (Å²) in [6.45, 7) is 1.54. The van der Waals surface area contributed by atoms with Gasteiger partial charge in [0.15, 0.2) is 0 Å². The third-order valence-electron chi connectivity index (χ3n) is 1.88. The molecule has 0 aliphatic heterocycles. The van der Waals surface area contributed by atoms with Gasteiger partial charge in [-0.15, -0.1) is 0 Å². The molecule has 0 radical (unpaired) electrons. The Morgan fingerprint density at radius 1 is 1.67 bits per heavy atom. The van der Waals surface area contributed by atoms with Crippen LogP contribution in [0.1, 0.15) is 23.2 Å². The Labute approximate surface area is 92.6 Å². The van der Waals surface area contributed by atoms with Crippen LogP contribution in [0, 0.1) is 17.0 Å². The minimum absolute atomic E-state index is 0.214. The number of aromatic nitrogens is 1. The third kappa shape index (κ3) is 2.47. The number of nitro groups is 1. The van der Waals surface area contributed by atoms with Gasteiger partial charge in [-0.2, -0.15) is 0 Å². The predicted molar refractivity (Wildman–Crippen MR) is 53.2 cm³/mol. The summed E-state index contributed by atoms with van der Waals surface area (Å²) in [6, 6.07) is 1.16. The Bertz CT molecular complexity index is 398. The van der Waals surface area contributed by atoms with Gasteiger partial charge in [0.2, 0.25) is 5.69 Å². The summed E-state index contributed by atoms with van der Waals surface area (Å²) in [5.74, 6) is -0.512. The van der Waals surface area contributed by atoms with E-state index in [1.54, 1.807) is 0 Å². The molecule has 4 nitrogen and oxygen atoms in total. The van der Waals surface area contributed by atoms with E-state index in [0.29, 0.717) is 11.1 Å². The predicted octanol–water partition coefficient (Wildman–Crippen LogP) is 3.13. The number of nitrogens with zero attached hydrogens (tertiary/aromatic N) is 2. The summed E-state index contributed by atoms with van der Waals surface area (Å²) in [6.07, 6.45) is -2.80. The summed E-state index contributed by atoms with van der Waals surface area (Å²) < 4.78 is 24.7. The Morgan fingerprint density at radius 2 is 2.27 bits per heavy atom. The highest BCUT2D eigenvalue weighted by atomic mass is 79.9. The number of hydrogen-bond donors (Lipinski definition) is 0. The summed E-state index contributed by atoms with van der Waals surface area (Å²) in [5, 5.41) is 10.8. The lowest BCUT2D eigenvalue weighted by Gasteiger charge is -2.04. The standard InChI is InChI=1S/C8H7BrF2N2O2/c1-4-2-6(7(10)11)12-8(13(14)15)5(4)3-9/h2,7H,3H2,1H3. The Balaban J connectivity index is 3.38. The second-order valence-electron chi connectivity index (χ2n) is 2.86. The van der Waals surface area contributed by atoms with Crippen molar-refractivity contribution in [1.29, 1.82) is 0 Å². The first kappa shape index (κ1) is 12.0. The second kappa shape index (κ2) is 4.61. The molecule has 0 atom stereocenters. The summed E-state index contributed by atoms with van der Waals surface area (Å²) >= 11 is 3.06. The molecule has 0 fully saturated rings. The zero-order valence-electron chi connectivity index (χ0n) is 7.71. The molecule has 1 aromatic heterocycles.